The van der Waals surface area contributed by atoms with Crippen LogP contribution in [0.25, 0.3) is 33.8 Å². The maximum atomic E-state index is 5.30. The first-order valence-electron chi connectivity index (χ1n) is 12.7. The van der Waals surface area contributed by atoms with Gasteiger partial charge >= 0.3 is 0 Å². The van der Waals surface area contributed by atoms with Crippen molar-refractivity contribution in [1.29, 1.82) is 0 Å². The number of nitrogens with zero attached hydrogens (tertiary/aromatic N) is 6. The summed E-state index contributed by atoms with van der Waals surface area (Å²) in [5, 5.41) is 14.8. The van der Waals surface area contributed by atoms with Crippen LogP contribution in [0.3, 0.4) is 0 Å². The topological polar surface area (TPSA) is 81.2 Å². The van der Waals surface area contributed by atoms with E-state index in [0.717, 1.165) is 51.0 Å². The van der Waals surface area contributed by atoms with Gasteiger partial charge in [0.05, 0.1) is 38.4 Å². The van der Waals surface area contributed by atoms with Crippen LogP contribution in [0.2, 0.25) is 0 Å². The molecule has 6 rings (SSSR count). The van der Waals surface area contributed by atoms with Crippen molar-refractivity contribution in [2.75, 3.05) is 21.3 Å². The molecule has 0 atom stereocenters. The Balaban J connectivity index is 1.38. The smallest absolute Gasteiger partial charge is 0.238 e. The Morgan fingerprint density at radius 3 is 0.950 bits per heavy atom. The Morgan fingerprint density at radius 1 is 0.425 bits per heavy atom. The van der Waals surface area contributed by atoms with Crippen molar-refractivity contribution in [2.24, 2.45) is 0 Å². The molecule has 0 aliphatic heterocycles. The normalized spacial score (nSPS) is 11.1. The van der Waals surface area contributed by atoms with Crippen molar-refractivity contribution in [3.8, 4) is 51.0 Å². The highest BCUT2D eigenvalue weighted by Crippen LogP contribution is 2.26. The molecule has 0 aliphatic rings. The summed E-state index contributed by atoms with van der Waals surface area (Å²) >= 11 is 0. The molecule has 0 amide bonds. The third-order valence-electron chi connectivity index (χ3n) is 6.69. The van der Waals surface area contributed by atoms with E-state index >= 15 is 0 Å². The van der Waals surface area contributed by atoms with Crippen LogP contribution in [0.1, 0.15) is 6.29 Å². The number of aromatic nitrogens is 6. The Labute approximate surface area is 231 Å². The van der Waals surface area contributed by atoms with Gasteiger partial charge in [0.1, 0.15) is 17.2 Å². The fourth-order valence-electron chi connectivity index (χ4n) is 4.51. The van der Waals surface area contributed by atoms with Crippen molar-refractivity contribution in [1.82, 2.24) is 29.3 Å². The Hall–Kier alpha value is -5.31. The van der Waals surface area contributed by atoms with Gasteiger partial charge in [-0.2, -0.15) is 15.3 Å². The molecule has 0 spiro atoms. The molecule has 0 unspecified atom stereocenters. The summed E-state index contributed by atoms with van der Waals surface area (Å²) < 4.78 is 21.5. The first-order chi connectivity index (χ1) is 19.6. The lowest BCUT2D eigenvalue weighted by atomic mass is 10.1. The number of ether oxygens (including phenoxy) is 3. The van der Waals surface area contributed by atoms with Crippen LogP contribution >= 0.6 is 0 Å². The van der Waals surface area contributed by atoms with E-state index in [9.17, 15) is 0 Å². The molecule has 0 N–H and O–H groups in total. The number of methoxy groups -OCH3 is 3. The van der Waals surface area contributed by atoms with Gasteiger partial charge in [-0.25, -0.2) is 14.0 Å². The van der Waals surface area contributed by atoms with Crippen molar-refractivity contribution < 1.29 is 14.2 Å². The number of hydrogen-bond donors (Lipinski definition) is 0. The molecular formula is C31H28N6O3. The molecule has 0 bridgehead atoms. The Bertz CT molecular complexity index is 1500. The predicted octanol–water partition coefficient (Wildman–Crippen LogP) is 5.86. The molecule has 200 valence electrons. The highest BCUT2D eigenvalue weighted by Gasteiger charge is 2.20. The van der Waals surface area contributed by atoms with E-state index in [1.807, 2.05) is 124 Å². The second kappa shape index (κ2) is 10.8. The second-order valence-electron chi connectivity index (χ2n) is 9.07. The van der Waals surface area contributed by atoms with Crippen LogP contribution in [0.5, 0.6) is 17.2 Å². The highest BCUT2D eigenvalue weighted by atomic mass is 16.5. The molecule has 0 saturated carbocycles. The third kappa shape index (κ3) is 4.92. The van der Waals surface area contributed by atoms with E-state index in [2.05, 4.69) is 0 Å². The zero-order valence-electron chi connectivity index (χ0n) is 22.4. The third-order valence-corrected chi connectivity index (χ3v) is 6.69. The number of rotatable bonds is 9. The predicted molar refractivity (Wildman–Crippen MR) is 152 cm³/mol. The lowest BCUT2D eigenvalue weighted by Gasteiger charge is -2.19. The lowest BCUT2D eigenvalue weighted by Crippen LogP contribution is -2.27. The average molecular weight is 533 g/mol. The standard InChI is InChI=1S/C31H28N6O3/c1-38-25-10-4-22(5-11-25)28-16-19-35(32-28)31(36-20-17-29(33-36)23-6-12-26(39-2)13-7-23)37-21-18-30(34-37)24-8-14-27(40-3)15-9-24/h4-21,31H,1-3H3. The lowest BCUT2D eigenvalue weighted by molar-refractivity contribution is 0.286. The minimum Gasteiger partial charge on any atom is -0.497 e. The van der Waals surface area contributed by atoms with Gasteiger partial charge < -0.3 is 14.2 Å². The highest BCUT2D eigenvalue weighted by molar-refractivity contribution is 5.61. The summed E-state index contributed by atoms with van der Waals surface area (Å²) in [6.07, 6.45) is 5.33. The van der Waals surface area contributed by atoms with Gasteiger partial charge in [0.2, 0.25) is 6.29 Å². The maximum Gasteiger partial charge on any atom is 0.238 e. The van der Waals surface area contributed by atoms with Crippen molar-refractivity contribution >= 4 is 0 Å². The van der Waals surface area contributed by atoms with Gasteiger partial charge in [0.25, 0.3) is 0 Å². The second-order valence-corrected chi connectivity index (χ2v) is 9.07. The van der Waals surface area contributed by atoms with Crippen LogP contribution in [-0.4, -0.2) is 50.7 Å². The molecule has 3 heterocycles. The SMILES string of the molecule is COc1ccc(-c2ccn(C(n3ccc(-c4ccc(OC)cc4)n3)n3ccc(-c4ccc(OC)cc4)n3)n2)cc1. The van der Waals surface area contributed by atoms with Gasteiger partial charge in [-0.05, 0) is 91.0 Å². The van der Waals surface area contributed by atoms with Gasteiger partial charge in [-0.3, -0.25) is 0 Å². The average Bonchev–Trinajstić information content (AvgIpc) is 3.80. The number of hydrogen-bond acceptors (Lipinski definition) is 6. The monoisotopic (exact) mass is 532 g/mol. The molecule has 0 saturated heterocycles. The molecule has 40 heavy (non-hydrogen) atoms. The summed E-state index contributed by atoms with van der Waals surface area (Å²) in [6.45, 7) is 0. The minimum atomic E-state index is -0.481. The molecule has 0 fully saturated rings. The van der Waals surface area contributed by atoms with E-state index < -0.39 is 6.29 Å². The maximum absolute atomic E-state index is 5.30. The molecule has 0 radical (unpaired) electrons. The van der Waals surface area contributed by atoms with Crippen LogP contribution in [0.4, 0.5) is 0 Å². The van der Waals surface area contributed by atoms with Crippen molar-refractivity contribution in [3.05, 3.63) is 110 Å². The Morgan fingerprint density at radius 2 is 0.700 bits per heavy atom. The summed E-state index contributed by atoms with van der Waals surface area (Å²) in [6, 6.07) is 29.5. The van der Waals surface area contributed by atoms with Gasteiger partial charge in [-0.1, -0.05) is 0 Å². The summed E-state index contributed by atoms with van der Waals surface area (Å²) in [7, 11) is 4.97. The van der Waals surface area contributed by atoms with Crippen LogP contribution < -0.4 is 14.2 Å². The molecular weight excluding hydrogens is 504 g/mol. The molecule has 3 aromatic heterocycles. The summed E-state index contributed by atoms with van der Waals surface area (Å²) in [5.41, 5.74) is 5.44. The van der Waals surface area contributed by atoms with Gasteiger partial charge in [-0.15, -0.1) is 0 Å². The summed E-state index contributed by atoms with van der Waals surface area (Å²) in [4.78, 5) is 0. The van der Waals surface area contributed by atoms with Crippen molar-refractivity contribution in [2.45, 2.75) is 6.29 Å². The van der Waals surface area contributed by atoms with Crippen molar-refractivity contribution in [3.63, 3.8) is 0 Å². The minimum absolute atomic E-state index is 0.481. The van der Waals surface area contributed by atoms with E-state index in [1.165, 1.54) is 0 Å². The van der Waals surface area contributed by atoms with Gasteiger partial charge in [0, 0.05) is 35.3 Å². The fraction of sp³-hybridized carbons (Fsp3) is 0.129. The van der Waals surface area contributed by atoms with Crippen LogP contribution in [-0.2, 0) is 0 Å². The number of benzene rings is 3. The fourth-order valence-corrected chi connectivity index (χ4v) is 4.51. The Kier molecular flexibility index (Phi) is 6.76. The van der Waals surface area contributed by atoms with E-state index in [4.69, 9.17) is 29.5 Å². The van der Waals surface area contributed by atoms with E-state index in [0.29, 0.717) is 0 Å². The van der Waals surface area contributed by atoms with Gasteiger partial charge in [0.15, 0.2) is 0 Å². The first-order valence-corrected chi connectivity index (χ1v) is 12.7. The molecule has 6 aromatic rings. The largest absolute Gasteiger partial charge is 0.497 e. The molecule has 0 aliphatic carbocycles. The van der Waals surface area contributed by atoms with Crippen LogP contribution in [0.15, 0.2) is 110 Å². The zero-order chi connectivity index (χ0) is 27.5. The molecule has 9 heteroatoms. The van der Waals surface area contributed by atoms with E-state index in [1.54, 1.807) is 21.3 Å². The quantitative estimate of drug-likeness (QED) is 0.232. The molecule has 3 aromatic carbocycles. The van der Waals surface area contributed by atoms with Crippen LogP contribution in [0, 0.1) is 0 Å². The van der Waals surface area contributed by atoms with E-state index in [-0.39, 0.29) is 0 Å². The zero-order valence-corrected chi connectivity index (χ0v) is 22.4. The summed E-state index contributed by atoms with van der Waals surface area (Å²) in [5.74, 6) is 2.39. The molecule has 9 nitrogen and oxygen atoms in total. The first kappa shape index (κ1) is 25.0.